The topological polar surface area (TPSA) is 57.1 Å². The smallest absolute Gasteiger partial charge is 0.363 e. The van der Waals surface area contributed by atoms with Gasteiger partial charge in [0.15, 0.2) is 5.70 Å². The zero-order chi connectivity index (χ0) is 18.8. The first kappa shape index (κ1) is 16.8. The number of esters is 1. The van der Waals surface area contributed by atoms with Crippen LogP contribution in [0, 0.1) is 0 Å². The maximum atomic E-state index is 12.3. The molecule has 134 valence electrons. The van der Waals surface area contributed by atoms with Crippen molar-refractivity contribution in [3.8, 4) is 11.5 Å². The molecule has 0 aromatic heterocycles. The Balaban J connectivity index is 1.73. The van der Waals surface area contributed by atoms with Crippen LogP contribution in [-0.4, -0.2) is 26.1 Å². The van der Waals surface area contributed by atoms with Crippen LogP contribution in [0.25, 0.3) is 16.8 Å². The summed E-state index contributed by atoms with van der Waals surface area (Å²) in [4.78, 5) is 16.7. The van der Waals surface area contributed by atoms with Gasteiger partial charge in [-0.25, -0.2) is 9.79 Å². The van der Waals surface area contributed by atoms with Gasteiger partial charge < -0.3 is 14.2 Å². The molecule has 1 aliphatic rings. The first-order valence-corrected chi connectivity index (χ1v) is 8.42. The molecule has 27 heavy (non-hydrogen) atoms. The lowest BCUT2D eigenvalue weighted by atomic mass is 10.1. The van der Waals surface area contributed by atoms with E-state index in [1.807, 2.05) is 42.5 Å². The number of cyclic esters (lactones) is 1. The van der Waals surface area contributed by atoms with E-state index in [4.69, 9.17) is 14.2 Å². The van der Waals surface area contributed by atoms with Crippen LogP contribution < -0.4 is 9.47 Å². The predicted molar refractivity (Wildman–Crippen MR) is 104 cm³/mol. The Hall–Kier alpha value is -3.60. The molecular weight excluding hydrogens is 342 g/mol. The molecule has 0 unspecified atom stereocenters. The number of ether oxygens (including phenoxy) is 3. The van der Waals surface area contributed by atoms with Crippen molar-refractivity contribution in [1.82, 2.24) is 0 Å². The van der Waals surface area contributed by atoms with Crippen molar-refractivity contribution >= 4 is 28.7 Å². The summed E-state index contributed by atoms with van der Waals surface area (Å²) in [7, 11) is 3.15. The van der Waals surface area contributed by atoms with Crippen molar-refractivity contribution in [1.29, 1.82) is 0 Å². The van der Waals surface area contributed by atoms with E-state index in [-0.39, 0.29) is 5.70 Å². The van der Waals surface area contributed by atoms with Gasteiger partial charge in [-0.2, -0.15) is 0 Å². The minimum absolute atomic E-state index is 0.213. The summed E-state index contributed by atoms with van der Waals surface area (Å²) < 4.78 is 16.0. The number of carbonyl (C=O) groups is 1. The fourth-order valence-electron chi connectivity index (χ4n) is 2.95. The van der Waals surface area contributed by atoms with Crippen molar-refractivity contribution in [2.75, 3.05) is 14.2 Å². The molecule has 0 fully saturated rings. The lowest BCUT2D eigenvalue weighted by molar-refractivity contribution is -0.129. The van der Waals surface area contributed by atoms with E-state index in [1.54, 1.807) is 38.5 Å². The Morgan fingerprint density at radius 1 is 0.926 bits per heavy atom. The molecule has 0 saturated heterocycles. The van der Waals surface area contributed by atoms with Gasteiger partial charge >= 0.3 is 5.97 Å². The van der Waals surface area contributed by atoms with Crippen LogP contribution in [0.15, 0.2) is 71.4 Å². The van der Waals surface area contributed by atoms with E-state index in [9.17, 15) is 4.79 Å². The Kier molecular flexibility index (Phi) is 4.34. The average molecular weight is 359 g/mol. The van der Waals surface area contributed by atoms with Gasteiger partial charge in [-0.1, -0.05) is 30.3 Å². The second kappa shape index (κ2) is 6.96. The summed E-state index contributed by atoms with van der Waals surface area (Å²) in [5.74, 6) is 1.07. The number of rotatable bonds is 4. The Morgan fingerprint density at radius 2 is 1.74 bits per heavy atom. The zero-order valence-corrected chi connectivity index (χ0v) is 14.9. The van der Waals surface area contributed by atoms with Gasteiger partial charge in [-0.15, -0.1) is 0 Å². The van der Waals surface area contributed by atoms with E-state index in [1.165, 1.54) is 0 Å². The molecule has 0 aliphatic carbocycles. The number of methoxy groups -OCH3 is 2. The number of fused-ring (bicyclic) bond motifs is 1. The van der Waals surface area contributed by atoms with Crippen LogP contribution in [0.2, 0.25) is 0 Å². The molecule has 1 heterocycles. The second-order valence-corrected chi connectivity index (χ2v) is 6.01. The summed E-state index contributed by atoms with van der Waals surface area (Å²) >= 11 is 0. The molecule has 0 amide bonds. The van der Waals surface area contributed by atoms with Crippen LogP contribution >= 0.6 is 0 Å². The normalized spacial score (nSPS) is 15.0. The van der Waals surface area contributed by atoms with Crippen LogP contribution in [0.1, 0.15) is 11.1 Å². The molecule has 1 aliphatic heterocycles. The van der Waals surface area contributed by atoms with Crippen molar-refractivity contribution in [2.45, 2.75) is 0 Å². The van der Waals surface area contributed by atoms with E-state index in [0.29, 0.717) is 23.0 Å². The molecule has 5 nitrogen and oxygen atoms in total. The standard InChI is InChI=1S/C22H17NO4/c1-25-18-9-10-20(26-2)17(12-18)13-19-22(24)27-21(23-19)16-8-7-14-5-3-4-6-15(14)11-16/h3-13H,1-2H3/b19-13-. The number of aliphatic imine (C=N–C) groups is 1. The highest BCUT2D eigenvalue weighted by Crippen LogP contribution is 2.28. The maximum Gasteiger partial charge on any atom is 0.363 e. The first-order chi connectivity index (χ1) is 13.2. The highest BCUT2D eigenvalue weighted by Gasteiger charge is 2.24. The minimum atomic E-state index is -0.497. The first-order valence-electron chi connectivity index (χ1n) is 8.42. The minimum Gasteiger partial charge on any atom is -0.497 e. The number of nitrogens with zero attached hydrogens (tertiary/aromatic N) is 1. The van der Waals surface area contributed by atoms with Crippen molar-refractivity contribution in [2.24, 2.45) is 4.99 Å². The van der Waals surface area contributed by atoms with Gasteiger partial charge in [0.2, 0.25) is 5.90 Å². The largest absolute Gasteiger partial charge is 0.497 e. The molecule has 3 aromatic carbocycles. The van der Waals surface area contributed by atoms with Crippen LogP contribution in [-0.2, 0) is 9.53 Å². The zero-order valence-electron chi connectivity index (χ0n) is 14.9. The van der Waals surface area contributed by atoms with Gasteiger partial charge in [0.25, 0.3) is 0 Å². The summed E-state index contributed by atoms with van der Waals surface area (Å²) in [6, 6.07) is 19.2. The third-order valence-corrected chi connectivity index (χ3v) is 4.35. The molecule has 0 atom stereocenters. The molecule has 0 spiro atoms. The number of benzene rings is 3. The molecular formula is C22H17NO4. The molecule has 4 rings (SSSR count). The van der Waals surface area contributed by atoms with Gasteiger partial charge in [0.05, 0.1) is 14.2 Å². The number of hydrogen-bond donors (Lipinski definition) is 0. The van der Waals surface area contributed by atoms with Crippen LogP contribution in [0.5, 0.6) is 11.5 Å². The lowest BCUT2D eigenvalue weighted by Crippen LogP contribution is -2.05. The molecule has 0 bridgehead atoms. The lowest BCUT2D eigenvalue weighted by Gasteiger charge is -2.07. The second-order valence-electron chi connectivity index (χ2n) is 6.01. The Bertz CT molecular complexity index is 1100. The van der Waals surface area contributed by atoms with E-state index in [0.717, 1.165) is 16.3 Å². The summed E-state index contributed by atoms with van der Waals surface area (Å²) in [6.45, 7) is 0. The number of carbonyl (C=O) groups excluding carboxylic acids is 1. The van der Waals surface area contributed by atoms with E-state index < -0.39 is 5.97 Å². The van der Waals surface area contributed by atoms with Crippen molar-refractivity contribution in [3.05, 3.63) is 77.5 Å². The number of hydrogen-bond acceptors (Lipinski definition) is 5. The fourth-order valence-corrected chi connectivity index (χ4v) is 2.95. The molecule has 3 aromatic rings. The van der Waals surface area contributed by atoms with Gasteiger partial charge in [-0.05, 0) is 47.2 Å². The average Bonchev–Trinajstić information content (AvgIpc) is 3.08. The van der Waals surface area contributed by atoms with Crippen LogP contribution in [0.4, 0.5) is 0 Å². The summed E-state index contributed by atoms with van der Waals surface area (Å²) in [5.41, 5.74) is 1.65. The summed E-state index contributed by atoms with van der Waals surface area (Å²) in [5, 5.41) is 2.17. The molecule has 5 heteroatoms. The quantitative estimate of drug-likeness (QED) is 0.517. The fraction of sp³-hybridized carbons (Fsp3) is 0.0909. The predicted octanol–water partition coefficient (Wildman–Crippen LogP) is 4.20. The summed E-state index contributed by atoms with van der Waals surface area (Å²) in [6.07, 6.45) is 1.64. The van der Waals surface area contributed by atoms with E-state index in [2.05, 4.69) is 4.99 Å². The van der Waals surface area contributed by atoms with Gasteiger partial charge in [0, 0.05) is 11.1 Å². The Labute approximate surface area is 156 Å². The molecule has 0 N–H and O–H groups in total. The van der Waals surface area contributed by atoms with Crippen molar-refractivity contribution < 1.29 is 19.0 Å². The maximum absolute atomic E-state index is 12.3. The Morgan fingerprint density at radius 3 is 2.52 bits per heavy atom. The van der Waals surface area contributed by atoms with E-state index >= 15 is 0 Å². The molecule has 0 saturated carbocycles. The van der Waals surface area contributed by atoms with Crippen LogP contribution in [0.3, 0.4) is 0 Å². The highest BCUT2D eigenvalue weighted by atomic mass is 16.6. The third kappa shape index (κ3) is 3.27. The van der Waals surface area contributed by atoms with Gasteiger partial charge in [0.1, 0.15) is 11.5 Å². The monoisotopic (exact) mass is 359 g/mol. The van der Waals surface area contributed by atoms with Gasteiger partial charge in [-0.3, -0.25) is 0 Å². The molecule has 0 radical (unpaired) electrons. The SMILES string of the molecule is COc1ccc(OC)c(/C=C2\N=C(c3ccc4ccccc4c3)OC2=O)c1. The highest BCUT2D eigenvalue weighted by molar-refractivity contribution is 6.13. The third-order valence-electron chi connectivity index (χ3n) is 4.35. The van der Waals surface area contributed by atoms with Crippen molar-refractivity contribution in [3.63, 3.8) is 0 Å².